The van der Waals surface area contributed by atoms with Crippen molar-refractivity contribution in [1.29, 1.82) is 0 Å². The quantitative estimate of drug-likeness (QED) is 0.235. The van der Waals surface area contributed by atoms with Gasteiger partial charge in [-0.2, -0.15) is 0 Å². The molecule has 1 rings (SSSR count). The predicted molar refractivity (Wildman–Crippen MR) is 126 cm³/mol. The smallest absolute Gasteiger partial charge is 0.307 e. The minimum absolute atomic E-state index is 0.0907. The normalized spacial score (nSPS) is 13.2. The molecule has 0 N–H and O–H groups in total. The Morgan fingerprint density at radius 2 is 1.75 bits per heavy atom. The van der Waals surface area contributed by atoms with Crippen LogP contribution in [0.1, 0.15) is 60.5 Å². The van der Waals surface area contributed by atoms with E-state index in [1.807, 2.05) is 38.1 Å². The van der Waals surface area contributed by atoms with Crippen LogP contribution in [0.25, 0.3) is 0 Å². The highest BCUT2D eigenvalue weighted by atomic mass is 16.6. The lowest BCUT2D eigenvalue weighted by atomic mass is 9.98. The van der Waals surface area contributed by atoms with Gasteiger partial charge >= 0.3 is 11.9 Å². The predicted octanol–water partition coefficient (Wildman–Crippen LogP) is 5.64. The van der Waals surface area contributed by atoms with Crippen molar-refractivity contribution in [3.05, 3.63) is 47.2 Å². The summed E-state index contributed by atoms with van der Waals surface area (Å²) in [6.07, 6.45) is 4.93. The third-order valence-corrected chi connectivity index (χ3v) is 4.75. The Labute approximate surface area is 192 Å². The average molecular weight is 447 g/mol. The van der Waals surface area contributed by atoms with Gasteiger partial charge in [0.05, 0.1) is 13.0 Å². The van der Waals surface area contributed by atoms with Gasteiger partial charge in [0, 0.05) is 19.9 Å². The maximum absolute atomic E-state index is 11.7. The molecular weight excluding hydrogens is 408 g/mol. The first kappa shape index (κ1) is 27.3. The van der Waals surface area contributed by atoms with Crippen LogP contribution in [0, 0.1) is 11.8 Å². The van der Waals surface area contributed by atoms with Gasteiger partial charge in [-0.05, 0) is 57.2 Å². The third-order valence-electron chi connectivity index (χ3n) is 4.75. The molecule has 0 aliphatic rings. The van der Waals surface area contributed by atoms with Crippen molar-refractivity contribution in [3.63, 3.8) is 0 Å². The fraction of sp³-hybridized carbons (Fsp3) is 0.538. The standard InChI is InChI=1S/C26H38O6/c1-9-24(31-20(7)28)26(22(14-18(4)5)16-30-19(6)27)32-23-13-12-21(11-10-17(2)3)25(15-23)29-8/h9,12-15,17,22,26H,10-11,16H2,1-8H3/b24-9+. The summed E-state index contributed by atoms with van der Waals surface area (Å²) in [5, 5.41) is 0. The van der Waals surface area contributed by atoms with Gasteiger partial charge in [-0.3, -0.25) is 9.59 Å². The lowest BCUT2D eigenvalue weighted by Gasteiger charge is -2.28. The van der Waals surface area contributed by atoms with E-state index in [1.54, 1.807) is 20.1 Å². The molecule has 1 aromatic carbocycles. The van der Waals surface area contributed by atoms with Gasteiger partial charge in [0.1, 0.15) is 23.9 Å². The molecule has 0 radical (unpaired) electrons. The monoisotopic (exact) mass is 446 g/mol. The summed E-state index contributed by atoms with van der Waals surface area (Å²) in [6, 6.07) is 5.73. The van der Waals surface area contributed by atoms with Gasteiger partial charge in [0.15, 0.2) is 6.10 Å². The number of rotatable bonds is 12. The fourth-order valence-electron chi connectivity index (χ4n) is 3.26. The average Bonchev–Trinajstić information content (AvgIpc) is 2.71. The molecule has 178 valence electrons. The van der Waals surface area contributed by atoms with Crippen molar-refractivity contribution >= 4 is 11.9 Å². The number of esters is 2. The number of methoxy groups -OCH3 is 1. The Balaban J connectivity index is 3.33. The van der Waals surface area contributed by atoms with Crippen molar-refractivity contribution in [2.75, 3.05) is 13.7 Å². The first-order valence-corrected chi connectivity index (χ1v) is 11.0. The summed E-state index contributed by atoms with van der Waals surface area (Å²) in [5.41, 5.74) is 2.13. The molecule has 6 nitrogen and oxygen atoms in total. The van der Waals surface area contributed by atoms with Crippen LogP contribution in [0.3, 0.4) is 0 Å². The Morgan fingerprint density at radius 3 is 2.25 bits per heavy atom. The number of carbonyl (C=O) groups is 2. The number of carbonyl (C=O) groups excluding carboxylic acids is 2. The van der Waals surface area contributed by atoms with Crippen LogP contribution in [0.5, 0.6) is 11.5 Å². The molecule has 0 fully saturated rings. The highest BCUT2D eigenvalue weighted by molar-refractivity contribution is 5.67. The van der Waals surface area contributed by atoms with E-state index in [-0.39, 0.29) is 18.5 Å². The zero-order valence-electron chi connectivity index (χ0n) is 20.7. The van der Waals surface area contributed by atoms with Gasteiger partial charge in [-0.15, -0.1) is 0 Å². The van der Waals surface area contributed by atoms with Crippen LogP contribution in [-0.2, 0) is 25.5 Å². The Hall–Kier alpha value is -2.76. The summed E-state index contributed by atoms with van der Waals surface area (Å²) in [7, 11) is 1.64. The number of aryl methyl sites for hydroxylation is 1. The van der Waals surface area contributed by atoms with E-state index in [4.69, 9.17) is 18.9 Å². The summed E-state index contributed by atoms with van der Waals surface area (Å²) >= 11 is 0. The van der Waals surface area contributed by atoms with Crippen molar-refractivity contribution in [2.24, 2.45) is 11.8 Å². The second kappa shape index (κ2) is 13.6. The van der Waals surface area contributed by atoms with Crippen molar-refractivity contribution in [1.82, 2.24) is 0 Å². The van der Waals surface area contributed by atoms with Gasteiger partial charge in [0.2, 0.25) is 0 Å². The molecular formula is C26H38O6. The highest BCUT2D eigenvalue weighted by Crippen LogP contribution is 2.30. The molecule has 0 aromatic heterocycles. The number of benzene rings is 1. The van der Waals surface area contributed by atoms with Gasteiger partial charge < -0.3 is 18.9 Å². The molecule has 32 heavy (non-hydrogen) atoms. The Kier molecular flexibility index (Phi) is 11.6. The van der Waals surface area contributed by atoms with Crippen LogP contribution in [0.4, 0.5) is 0 Å². The molecule has 0 aliphatic heterocycles. The van der Waals surface area contributed by atoms with Crippen LogP contribution >= 0.6 is 0 Å². The highest BCUT2D eigenvalue weighted by Gasteiger charge is 2.29. The van der Waals surface area contributed by atoms with Crippen molar-refractivity contribution in [3.8, 4) is 11.5 Å². The van der Waals surface area contributed by atoms with Crippen LogP contribution in [0.15, 0.2) is 41.7 Å². The topological polar surface area (TPSA) is 71.1 Å². The maximum Gasteiger partial charge on any atom is 0.307 e. The summed E-state index contributed by atoms with van der Waals surface area (Å²) < 4.78 is 22.6. The Bertz CT molecular complexity index is 818. The maximum atomic E-state index is 11.7. The number of hydrogen-bond donors (Lipinski definition) is 0. The first-order chi connectivity index (χ1) is 15.1. The molecule has 2 unspecified atom stereocenters. The zero-order chi connectivity index (χ0) is 24.3. The molecule has 0 saturated heterocycles. The summed E-state index contributed by atoms with van der Waals surface area (Å²) in [4.78, 5) is 23.2. The van der Waals surface area contributed by atoms with E-state index in [9.17, 15) is 9.59 Å². The summed E-state index contributed by atoms with van der Waals surface area (Å²) in [5.74, 6) is 1.07. The second-order valence-electron chi connectivity index (χ2n) is 8.44. The van der Waals surface area contributed by atoms with Gasteiger partial charge in [-0.1, -0.05) is 31.6 Å². The lowest BCUT2D eigenvalue weighted by molar-refractivity contribution is -0.144. The number of hydrogen-bond acceptors (Lipinski definition) is 6. The van der Waals surface area contributed by atoms with E-state index in [0.717, 1.165) is 29.7 Å². The molecule has 0 saturated carbocycles. The molecule has 0 heterocycles. The Morgan fingerprint density at radius 1 is 1.06 bits per heavy atom. The second-order valence-corrected chi connectivity index (χ2v) is 8.44. The van der Waals surface area contributed by atoms with Gasteiger partial charge in [-0.25, -0.2) is 0 Å². The molecule has 0 spiro atoms. The zero-order valence-corrected chi connectivity index (χ0v) is 20.7. The van der Waals surface area contributed by atoms with Crippen molar-refractivity contribution < 1.29 is 28.5 Å². The molecule has 0 bridgehead atoms. The first-order valence-electron chi connectivity index (χ1n) is 11.0. The van der Waals surface area contributed by atoms with Crippen LogP contribution in [0.2, 0.25) is 0 Å². The third kappa shape index (κ3) is 9.58. The fourth-order valence-corrected chi connectivity index (χ4v) is 3.26. The van der Waals surface area contributed by atoms with E-state index >= 15 is 0 Å². The largest absolute Gasteiger partial charge is 0.496 e. The summed E-state index contributed by atoms with van der Waals surface area (Å²) in [6.45, 7) is 12.8. The number of allylic oxidation sites excluding steroid dienone is 2. The molecule has 0 aliphatic carbocycles. The van der Waals surface area contributed by atoms with Crippen molar-refractivity contribution in [2.45, 2.75) is 67.4 Å². The molecule has 0 amide bonds. The molecule has 6 heteroatoms. The van der Waals surface area contributed by atoms with Crippen LogP contribution in [-0.4, -0.2) is 31.8 Å². The SMILES string of the molecule is C/C=C(/OC(C)=O)C(Oc1ccc(CCC(C)C)c(OC)c1)C(C=C(C)C)COC(C)=O. The number of ether oxygens (including phenoxy) is 4. The molecule has 1 aromatic rings. The van der Waals surface area contributed by atoms with E-state index in [1.165, 1.54) is 13.8 Å². The van der Waals surface area contributed by atoms with E-state index < -0.39 is 12.1 Å². The minimum Gasteiger partial charge on any atom is -0.496 e. The van der Waals surface area contributed by atoms with Crippen LogP contribution < -0.4 is 9.47 Å². The van der Waals surface area contributed by atoms with Gasteiger partial charge in [0.25, 0.3) is 0 Å². The minimum atomic E-state index is -0.677. The van der Waals surface area contributed by atoms with E-state index in [0.29, 0.717) is 17.4 Å². The lowest BCUT2D eigenvalue weighted by Crippen LogP contribution is -2.33. The van der Waals surface area contributed by atoms with E-state index in [2.05, 4.69) is 13.8 Å². The molecule has 2 atom stereocenters.